The fraction of sp³-hybridized carbons (Fsp3) is 0.571. The highest BCUT2D eigenvalue weighted by atomic mass is 15.3. The van der Waals surface area contributed by atoms with E-state index in [1.165, 1.54) is 37.7 Å². The summed E-state index contributed by atoms with van der Waals surface area (Å²) in [4.78, 5) is 0. The van der Waals surface area contributed by atoms with Gasteiger partial charge in [0.05, 0.1) is 0 Å². The van der Waals surface area contributed by atoms with Crippen LogP contribution in [-0.4, -0.2) is 22.0 Å². The van der Waals surface area contributed by atoms with Crippen molar-refractivity contribution in [3.8, 4) is 0 Å². The van der Waals surface area contributed by atoms with Crippen LogP contribution in [0.2, 0.25) is 0 Å². The van der Waals surface area contributed by atoms with Gasteiger partial charge < -0.3 is 5.32 Å². The highest BCUT2D eigenvalue weighted by molar-refractivity contribution is 5.77. The lowest BCUT2D eigenvalue weighted by molar-refractivity contribution is 0.584. The first kappa shape index (κ1) is 13.0. The fourth-order valence-corrected chi connectivity index (χ4v) is 2.15. The van der Waals surface area contributed by atoms with Gasteiger partial charge in [-0.1, -0.05) is 44.7 Å². The number of benzene rings is 1. The minimum absolute atomic E-state index is 0.873. The van der Waals surface area contributed by atoms with Crippen molar-refractivity contribution in [1.82, 2.24) is 20.7 Å². The van der Waals surface area contributed by atoms with Crippen LogP contribution >= 0.6 is 0 Å². The minimum Gasteiger partial charge on any atom is -0.313 e. The summed E-state index contributed by atoms with van der Waals surface area (Å²) in [6.45, 7) is 4.20. The molecule has 0 aliphatic carbocycles. The van der Waals surface area contributed by atoms with Gasteiger partial charge in [0.25, 0.3) is 0 Å². The number of rotatable bonds is 8. The van der Waals surface area contributed by atoms with E-state index in [0.717, 1.165) is 24.1 Å². The van der Waals surface area contributed by atoms with Gasteiger partial charge in [-0.3, -0.25) is 0 Å². The number of nitrogens with one attached hydrogen (secondary N) is 2. The van der Waals surface area contributed by atoms with Crippen molar-refractivity contribution < 1.29 is 0 Å². The molecule has 0 saturated carbocycles. The maximum Gasteiger partial charge on any atom is 0.117 e. The molecule has 1 aromatic carbocycles. The zero-order chi connectivity index (χ0) is 12.6. The van der Waals surface area contributed by atoms with Gasteiger partial charge in [-0.15, -0.1) is 0 Å². The van der Waals surface area contributed by atoms with Crippen LogP contribution in [0.3, 0.4) is 0 Å². The second kappa shape index (κ2) is 7.11. The van der Waals surface area contributed by atoms with Crippen LogP contribution < -0.4 is 5.32 Å². The lowest BCUT2D eigenvalue weighted by atomic mass is 10.1. The number of H-pyrrole nitrogens is 1. The number of nitrogens with zero attached hydrogens (tertiary/aromatic N) is 2. The molecule has 2 rings (SSSR count). The van der Waals surface area contributed by atoms with Gasteiger partial charge in [0.15, 0.2) is 0 Å². The van der Waals surface area contributed by atoms with Crippen LogP contribution in [0.1, 0.15) is 44.6 Å². The standard InChI is InChI=1S/C14H22N4/c1-2-3-4-5-6-10-15-11-12-8-7-9-13-14(12)17-18-16-13/h7-9,15H,2-6,10-11H2,1H3,(H,16,17,18). The zero-order valence-corrected chi connectivity index (χ0v) is 11.1. The largest absolute Gasteiger partial charge is 0.313 e. The van der Waals surface area contributed by atoms with Crippen LogP contribution in [0.4, 0.5) is 0 Å². The number of aromatic amines is 1. The molecule has 4 nitrogen and oxygen atoms in total. The van der Waals surface area contributed by atoms with Crippen molar-refractivity contribution in [3.63, 3.8) is 0 Å². The summed E-state index contributed by atoms with van der Waals surface area (Å²) in [7, 11) is 0. The zero-order valence-electron chi connectivity index (χ0n) is 11.1. The molecule has 4 heteroatoms. The molecule has 2 aromatic rings. The van der Waals surface area contributed by atoms with Gasteiger partial charge in [-0.25, -0.2) is 0 Å². The molecule has 18 heavy (non-hydrogen) atoms. The summed E-state index contributed by atoms with van der Waals surface area (Å²) < 4.78 is 0. The van der Waals surface area contributed by atoms with Gasteiger partial charge in [0, 0.05) is 6.54 Å². The molecule has 0 spiro atoms. The average molecular weight is 246 g/mol. The Morgan fingerprint density at radius 2 is 2.00 bits per heavy atom. The van der Waals surface area contributed by atoms with Crippen LogP contribution in [0.25, 0.3) is 11.0 Å². The molecule has 0 atom stereocenters. The summed E-state index contributed by atoms with van der Waals surface area (Å²) >= 11 is 0. The number of hydrogen-bond acceptors (Lipinski definition) is 3. The average Bonchev–Trinajstić information content (AvgIpc) is 2.86. The van der Waals surface area contributed by atoms with E-state index in [1.807, 2.05) is 12.1 Å². The first-order valence-electron chi connectivity index (χ1n) is 6.91. The normalized spacial score (nSPS) is 11.2. The summed E-state index contributed by atoms with van der Waals surface area (Å²) in [5, 5.41) is 14.4. The number of aromatic nitrogens is 3. The molecule has 2 N–H and O–H groups in total. The van der Waals surface area contributed by atoms with E-state index in [4.69, 9.17) is 0 Å². The fourth-order valence-electron chi connectivity index (χ4n) is 2.15. The Balaban J connectivity index is 1.72. The highest BCUT2D eigenvalue weighted by Gasteiger charge is 2.03. The molecule has 0 radical (unpaired) electrons. The van der Waals surface area contributed by atoms with Crippen molar-refractivity contribution in [2.75, 3.05) is 6.54 Å². The lowest BCUT2D eigenvalue weighted by Gasteiger charge is -2.05. The summed E-state index contributed by atoms with van der Waals surface area (Å²) in [6.07, 6.45) is 6.61. The molecule has 98 valence electrons. The maximum atomic E-state index is 4.18. The molecule has 0 saturated heterocycles. The van der Waals surface area contributed by atoms with E-state index in [1.54, 1.807) is 0 Å². The van der Waals surface area contributed by atoms with Crippen LogP contribution in [-0.2, 0) is 6.54 Å². The van der Waals surface area contributed by atoms with Gasteiger partial charge in [0.2, 0.25) is 0 Å². The first-order chi connectivity index (χ1) is 8.92. The number of hydrogen-bond donors (Lipinski definition) is 2. The second-order valence-corrected chi connectivity index (χ2v) is 4.70. The monoisotopic (exact) mass is 246 g/mol. The van der Waals surface area contributed by atoms with Crippen molar-refractivity contribution in [3.05, 3.63) is 23.8 Å². The molecule has 1 heterocycles. The molecule has 0 aliphatic heterocycles. The summed E-state index contributed by atoms with van der Waals surface area (Å²) in [5.74, 6) is 0. The summed E-state index contributed by atoms with van der Waals surface area (Å²) in [6, 6.07) is 6.12. The Kier molecular flexibility index (Phi) is 5.15. The smallest absolute Gasteiger partial charge is 0.117 e. The molecule has 0 bridgehead atoms. The molecule has 1 aromatic heterocycles. The van der Waals surface area contributed by atoms with E-state index < -0.39 is 0 Å². The molecule has 0 amide bonds. The van der Waals surface area contributed by atoms with Crippen LogP contribution in [0.15, 0.2) is 18.2 Å². The Labute approximate surface area is 108 Å². The van der Waals surface area contributed by atoms with E-state index in [9.17, 15) is 0 Å². The van der Waals surface area contributed by atoms with Crippen LogP contribution in [0.5, 0.6) is 0 Å². The molecular formula is C14H22N4. The number of unbranched alkanes of at least 4 members (excludes halogenated alkanes) is 4. The van der Waals surface area contributed by atoms with Crippen molar-refractivity contribution in [2.45, 2.75) is 45.6 Å². The minimum atomic E-state index is 0.873. The van der Waals surface area contributed by atoms with Gasteiger partial charge in [0.1, 0.15) is 11.0 Å². The first-order valence-corrected chi connectivity index (χ1v) is 6.91. The van der Waals surface area contributed by atoms with E-state index in [2.05, 4.69) is 33.7 Å². The Hall–Kier alpha value is -1.42. The van der Waals surface area contributed by atoms with Crippen molar-refractivity contribution >= 4 is 11.0 Å². The van der Waals surface area contributed by atoms with E-state index in [-0.39, 0.29) is 0 Å². The maximum absolute atomic E-state index is 4.18. The van der Waals surface area contributed by atoms with E-state index >= 15 is 0 Å². The van der Waals surface area contributed by atoms with Crippen molar-refractivity contribution in [1.29, 1.82) is 0 Å². The SMILES string of the molecule is CCCCCCCNCc1cccc2n[nH]nc12. The number of para-hydroxylation sites is 1. The lowest BCUT2D eigenvalue weighted by Crippen LogP contribution is -2.14. The molecule has 0 aliphatic rings. The van der Waals surface area contributed by atoms with Gasteiger partial charge >= 0.3 is 0 Å². The van der Waals surface area contributed by atoms with E-state index in [0.29, 0.717) is 0 Å². The summed E-state index contributed by atoms with van der Waals surface area (Å²) in [5.41, 5.74) is 3.14. The third-order valence-electron chi connectivity index (χ3n) is 3.20. The topological polar surface area (TPSA) is 53.6 Å². The second-order valence-electron chi connectivity index (χ2n) is 4.70. The predicted octanol–water partition coefficient (Wildman–Crippen LogP) is 3.02. The Morgan fingerprint density at radius 3 is 2.89 bits per heavy atom. The Bertz CT molecular complexity index is 464. The van der Waals surface area contributed by atoms with Gasteiger partial charge in [-0.2, -0.15) is 15.4 Å². The molecular weight excluding hydrogens is 224 g/mol. The molecule has 0 fully saturated rings. The molecule has 0 unspecified atom stereocenters. The Morgan fingerprint density at radius 1 is 1.11 bits per heavy atom. The number of fused-ring (bicyclic) bond motifs is 1. The quantitative estimate of drug-likeness (QED) is 0.704. The predicted molar refractivity (Wildman–Crippen MR) is 74.4 cm³/mol. The van der Waals surface area contributed by atoms with Gasteiger partial charge in [-0.05, 0) is 24.6 Å². The van der Waals surface area contributed by atoms with Crippen LogP contribution in [0, 0.1) is 0 Å². The third kappa shape index (κ3) is 3.53. The highest BCUT2D eigenvalue weighted by Crippen LogP contribution is 2.13. The third-order valence-corrected chi connectivity index (χ3v) is 3.20. The van der Waals surface area contributed by atoms with Crippen molar-refractivity contribution in [2.24, 2.45) is 0 Å².